The molecule has 0 unspecified atom stereocenters. The van der Waals surface area contributed by atoms with Crippen molar-refractivity contribution < 1.29 is 9.53 Å². The van der Waals surface area contributed by atoms with E-state index >= 15 is 0 Å². The Morgan fingerprint density at radius 2 is 2.15 bits per heavy atom. The van der Waals surface area contributed by atoms with Crippen molar-refractivity contribution in [1.29, 1.82) is 0 Å². The minimum atomic E-state index is -0.127. The molecule has 0 fully saturated rings. The van der Waals surface area contributed by atoms with Crippen molar-refractivity contribution in [3.05, 3.63) is 53.9 Å². The quantitative estimate of drug-likeness (QED) is 0.855. The molecule has 0 atom stereocenters. The third kappa shape index (κ3) is 2.42. The van der Waals surface area contributed by atoms with E-state index in [1.54, 1.807) is 23.2 Å². The number of carbonyl (C=O) groups is 1. The molecule has 0 aliphatic carbocycles. The highest BCUT2D eigenvalue weighted by atomic mass is 16.5. The molecule has 20 heavy (non-hydrogen) atoms. The largest absolute Gasteiger partial charge is 0.491 e. The number of hydrogen-bond acceptors (Lipinski definition) is 4. The van der Waals surface area contributed by atoms with Gasteiger partial charge in [-0.1, -0.05) is 18.2 Å². The highest BCUT2D eigenvalue weighted by Crippen LogP contribution is 2.23. The van der Waals surface area contributed by atoms with Crippen LogP contribution in [-0.4, -0.2) is 28.9 Å². The smallest absolute Gasteiger partial charge is 0.272 e. The first kappa shape index (κ1) is 12.5. The van der Waals surface area contributed by atoms with Crippen molar-refractivity contribution >= 4 is 11.6 Å². The number of nitrogens with zero attached hydrogens (tertiary/aromatic N) is 2. The third-order valence-electron chi connectivity index (χ3n) is 3.24. The van der Waals surface area contributed by atoms with Gasteiger partial charge in [-0.3, -0.25) is 9.78 Å². The van der Waals surface area contributed by atoms with Crippen LogP contribution in [0.1, 0.15) is 16.1 Å². The Kier molecular flexibility index (Phi) is 3.25. The zero-order valence-corrected chi connectivity index (χ0v) is 11.0. The van der Waals surface area contributed by atoms with Crippen LogP contribution in [0, 0.1) is 0 Å². The molecule has 1 aromatic carbocycles. The van der Waals surface area contributed by atoms with Crippen molar-refractivity contribution in [2.24, 2.45) is 0 Å². The van der Waals surface area contributed by atoms with Gasteiger partial charge in [0.1, 0.15) is 18.1 Å². The Balaban J connectivity index is 1.86. The molecule has 3 rings (SSSR count). The number of amides is 1. The van der Waals surface area contributed by atoms with E-state index in [4.69, 9.17) is 10.5 Å². The summed E-state index contributed by atoms with van der Waals surface area (Å²) in [6.07, 6.45) is 1.55. The number of para-hydroxylation sites is 1. The average Bonchev–Trinajstić information content (AvgIpc) is 2.68. The van der Waals surface area contributed by atoms with E-state index in [0.29, 0.717) is 31.1 Å². The normalized spacial score (nSPS) is 14.1. The summed E-state index contributed by atoms with van der Waals surface area (Å²) < 4.78 is 5.65. The zero-order valence-electron chi connectivity index (χ0n) is 11.0. The molecule has 1 aromatic heterocycles. The van der Waals surface area contributed by atoms with Crippen LogP contribution in [-0.2, 0) is 6.54 Å². The predicted molar refractivity (Wildman–Crippen MR) is 75.3 cm³/mol. The van der Waals surface area contributed by atoms with E-state index in [-0.39, 0.29) is 5.91 Å². The number of hydrogen-bond donors (Lipinski definition) is 1. The summed E-state index contributed by atoms with van der Waals surface area (Å²) >= 11 is 0. The van der Waals surface area contributed by atoms with Gasteiger partial charge in [0.05, 0.1) is 6.54 Å². The number of nitrogens with two attached hydrogens (primary N) is 1. The average molecular weight is 269 g/mol. The van der Waals surface area contributed by atoms with Gasteiger partial charge in [-0.2, -0.15) is 0 Å². The molecule has 5 heteroatoms. The molecule has 1 aliphatic rings. The highest BCUT2D eigenvalue weighted by Gasteiger charge is 2.21. The van der Waals surface area contributed by atoms with Crippen molar-refractivity contribution in [3.63, 3.8) is 0 Å². The zero-order chi connectivity index (χ0) is 13.9. The van der Waals surface area contributed by atoms with E-state index in [2.05, 4.69) is 4.98 Å². The number of rotatable bonds is 1. The summed E-state index contributed by atoms with van der Waals surface area (Å²) in [6, 6.07) is 11.0. The molecular formula is C15H15N3O2. The fourth-order valence-electron chi connectivity index (χ4n) is 2.22. The van der Waals surface area contributed by atoms with Crippen molar-refractivity contribution in [3.8, 4) is 5.75 Å². The van der Waals surface area contributed by atoms with Crippen molar-refractivity contribution in [1.82, 2.24) is 9.88 Å². The maximum absolute atomic E-state index is 12.5. The minimum absolute atomic E-state index is 0.127. The molecule has 0 spiro atoms. The summed E-state index contributed by atoms with van der Waals surface area (Å²) in [4.78, 5) is 18.3. The topological polar surface area (TPSA) is 68.5 Å². The fraction of sp³-hybridized carbons (Fsp3) is 0.200. The van der Waals surface area contributed by atoms with Gasteiger partial charge >= 0.3 is 0 Å². The van der Waals surface area contributed by atoms with Crippen LogP contribution in [0.25, 0.3) is 0 Å². The van der Waals surface area contributed by atoms with Crippen LogP contribution < -0.4 is 10.5 Å². The number of benzene rings is 1. The second-order valence-electron chi connectivity index (χ2n) is 4.66. The maximum Gasteiger partial charge on any atom is 0.272 e. The first-order valence-electron chi connectivity index (χ1n) is 6.45. The Hall–Kier alpha value is -2.56. The summed E-state index contributed by atoms with van der Waals surface area (Å²) in [5, 5.41) is 0. The van der Waals surface area contributed by atoms with Gasteiger partial charge in [0.25, 0.3) is 5.91 Å². The lowest BCUT2D eigenvalue weighted by Gasteiger charge is -2.19. The molecule has 5 nitrogen and oxygen atoms in total. The SMILES string of the molecule is Nc1ccnc(C(=O)N2CCOc3ccccc3C2)c1. The molecule has 0 radical (unpaired) electrons. The lowest BCUT2D eigenvalue weighted by atomic mass is 10.2. The van der Waals surface area contributed by atoms with Gasteiger partial charge in [-0.05, 0) is 18.2 Å². The molecule has 1 aliphatic heterocycles. The van der Waals surface area contributed by atoms with Crippen LogP contribution in [0.4, 0.5) is 5.69 Å². The second-order valence-corrected chi connectivity index (χ2v) is 4.66. The van der Waals surface area contributed by atoms with Crippen LogP contribution in [0.5, 0.6) is 5.75 Å². The van der Waals surface area contributed by atoms with E-state index in [1.807, 2.05) is 24.3 Å². The van der Waals surface area contributed by atoms with Gasteiger partial charge in [-0.15, -0.1) is 0 Å². The standard InChI is InChI=1S/C15H15N3O2/c16-12-5-6-17-13(9-12)15(19)18-7-8-20-14-4-2-1-3-11(14)10-18/h1-6,9H,7-8,10H2,(H2,16,17). The lowest BCUT2D eigenvalue weighted by molar-refractivity contribution is 0.0727. The van der Waals surface area contributed by atoms with Crippen molar-refractivity contribution in [2.45, 2.75) is 6.54 Å². The number of carbonyl (C=O) groups excluding carboxylic acids is 1. The molecule has 0 saturated carbocycles. The lowest BCUT2D eigenvalue weighted by Crippen LogP contribution is -2.33. The summed E-state index contributed by atoms with van der Waals surface area (Å²) in [5.74, 6) is 0.709. The minimum Gasteiger partial charge on any atom is -0.491 e. The Morgan fingerprint density at radius 3 is 3.00 bits per heavy atom. The molecule has 0 saturated heterocycles. The fourth-order valence-corrected chi connectivity index (χ4v) is 2.22. The van der Waals surface area contributed by atoms with E-state index < -0.39 is 0 Å². The monoisotopic (exact) mass is 269 g/mol. The third-order valence-corrected chi connectivity index (χ3v) is 3.24. The Labute approximate surface area is 117 Å². The van der Waals surface area contributed by atoms with Crippen LogP contribution >= 0.6 is 0 Å². The summed E-state index contributed by atoms with van der Waals surface area (Å²) in [5.41, 5.74) is 7.60. The summed E-state index contributed by atoms with van der Waals surface area (Å²) in [6.45, 7) is 1.53. The number of aromatic nitrogens is 1. The molecule has 2 N–H and O–H groups in total. The molecule has 2 heterocycles. The highest BCUT2D eigenvalue weighted by molar-refractivity contribution is 5.93. The van der Waals surface area contributed by atoms with Gasteiger partial charge in [-0.25, -0.2) is 0 Å². The second kappa shape index (κ2) is 5.21. The molecular weight excluding hydrogens is 254 g/mol. The van der Waals surface area contributed by atoms with E-state index in [0.717, 1.165) is 11.3 Å². The van der Waals surface area contributed by atoms with E-state index in [9.17, 15) is 4.79 Å². The number of nitrogen functional groups attached to an aromatic ring is 1. The molecule has 2 aromatic rings. The predicted octanol–water partition coefficient (Wildman–Crippen LogP) is 1.70. The van der Waals surface area contributed by atoms with E-state index in [1.165, 1.54) is 0 Å². The molecule has 102 valence electrons. The van der Waals surface area contributed by atoms with Crippen molar-refractivity contribution in [2.75, 3.05) is 18.9 Å². The van der Waals surface area contributed by atoms with Gasteiger partial charge in [0, 0.05) is 24.0 Å². The molecule has 0 bridgehead atoms. The first-order valence-corrected chi connectivity index (χ1v) is 6.45. The van der Waals surface area contributed by atoms with Crippen LogP contribution in [0.15, 0.2) is 42.6 Å². The van der Waals surface area contributed by atoms with Gasteiger partial charge in [0.2, 0.25) is 0 Å². The van der Waals surface area contributed by atoms with Crippen LogP contribution in [0.3, 0.4) is 0 Å². The van der Waals surface area contributed by atoms with Crippen LogP contribution in [0.2, 0.25) is 0 Å². The number of anilines is 1. The Morgan fingerprint density at radius 1 is 1.30 bits per heavy atom. The number of ether oxygens (including phenoxy) is 1. The maximum atomic E-state index is 12.5. The summed E-state index contributed by atoms with van der Waals surface area (Å²) in [7, 11) is 0. The molecule has 1 amide bonds. The Bertz CT molecular complexity index is 643. The van der Waals surface area contributed by atoms with Gasteiger partial charge in [0.15, 0.2) is 0 Å². The first-order chi connectivity index (χ1) is 9.74. The number of fused-ring (bicyclic) bond motifs is 1. The number of pyridine rings is 1. The van der Waals surface area contributed by atoms with Gasteiger partial charge < -0.3 is 15.4 Å².